The molecule has 0 aliphatic heterocycles. The quantitative estimate of drug-likeness (QED) is 0.793. The van der Waals surface area contributed by atoms with Crippen molar-refractivity contribution >= 4 is 10.2 Å². The summed E-state index contributed by atoms with van der Waals surface area (Å²) in [5, 5.41) is 0. The van der Waals surface area contributed by atoms with Crippen molar-refractivity contribution in [2.45, 2.75) is 69.9 Å². The topological polar surface area (TPSA) is 58.2 Å². The molecule has 2 rings (SSSR count). The molecule has 0 radical (unpaired) electrons. The molecule has 0 unspecified atom stereocenters. The Bertz CT molecular complexity index is 304. The van der Waals surface area contributed by atoms with Crippen LogP contribution in [-0.4, -0.2) is 20.5 Å². The van der Waals surface area contributed by atoms with Gasteiger partial charge in [0.15, 0.2) is 0 Å². The Hall–Kier alpha value is -0.130. The molecule has 0 heterocycles. The first-order valence-electron chi connectivity index (χ1n) is 6.45. The minimum absolute atomic E-state index is 0.160. The zero-order valence-corrected chi connectivity index (χ0v) is 10.6. The minimum atomic E-state index is -3.26. The van der Waals surface area contributed by atoms with Gasteiger partial charge in [0.2, 0.25) is 0 Å². The van der Waals surface area contributed by atoms with Gasteiger partial charge in [-0.15, -0.1) is 0 Å². The highest BCUT2D eigenvalue weighted by molar-refractivity contribution is 7.87. The largest absolute Gasteiger partial charge is 0.277 e. The molecule has 0 spiro atoms. The molecule has 94 valence electrons. The van der Waals surface area contributed by atoms with Crippen molar-refractivity contribution in [3.63, 3.8) is 0 Å². The molecule has 0 amide bonds. The average molecular weight is 246 g/mol. The maximum absolute atomic E-state index is 11.8. The molecule has 2 aliphatic carbocycles. The Morgan fingerprint density at radius 3 is 1.50 bits per heavy atom. The van der Waals surface area contributed by atoms with E-state index < -0.39 is 10.2 Å². The smallest absolute Gasteiger partial charge is 0.199 e. The summed E-state index contributed by atoms with van der Waals surface area (Å²) in [5.41, 5.74) is 0. The van der Waals surface area contributed by atoms with E-state index in [9.17, 15) is 8.42 Å². The first-order valence-corrected chi connectivity index (χ1v) is 7.94. The Kier molecular flexibility index (Phi) is 4.21. The van der Waals surface area contributed by atoms with Crippen LogP contribution >= 0.6 is 0 Å². The van der Waals surface area contributed by atoms with Crippen LogP contribution in [0.1, 0.15) is 57.8 Å². The maximum Gasteiger partial charge on any atom is 0.277 e. The highest BCUT2D eigenvalue weighted by Crippen LogP contribution is 2.20. The van der Waals surface area contributed by atoms with Gasteiger partial charge in [0.1, 0.15) is 0 Å². The van der Waals surface area contributed by atoms with Crippen LogP contribution in [0.15, 0.2) is 0 Å². The van der Waals surface area contributed by atoms with Crippen LogP contribution in [-0.2, 0) is 10.2 Å². The van der Waals surface area contributed by atoms with E-state index in [1.54, 1.807) is 0 Å². The van der Waals surface area contributed by atoms with Gasteiger partial charge in [-0.05, 0) is 25.7 Å². The standard InChI is InChI=1S/C11H22N2O2S/c14-16(15,13-11-8-4-5-9-11)12-10-6-2-1-3-7-10/h10-13H,1-9H2. The van der Waals surface area contributed by atoms with Gasteiger partial charge in [0, 0.05) is 12.1 Å². The van der Waals surface area contributed by atoms with E-state index in [1.165, 1.54) is 6.42 Å². The predicted molar refractivity (Wildman–Crippen MR) is 64.3 cm³/mol. The monoisotopic (exact) mass is 246 g/mol. The summed E-state index contributed by atoms with van der Waals surface area (Å²) in [6, 6.07) is 0.328. The Morgan fingerprint density at radius 1 is 0.688 bits per heavy atom. The van der Waals surface area contributed by atoms with Crippen molar-refractivity contribution in [3.05, 3.63) is 0 Å². The minimum Gasteiger partial charge on any atom is -0.199 e. The van der Waals surface area contributed by atoms with Crippen LogP contribution in [0, 0.1) is 0 Å². The van der Waals surface area contributed by atoms with E-state index in [4.69, 9.17) is 0 Å². The first-order chi connectivity index (χ1) is 7.66. The van der Waals surface area contributed by atoms with E-state index in [1.807, 2.05) is 0 Å². The van der Waals surface area contributed by atoms with Gasteiger partial charge in [-0.1, -0.05) is 32.1 Å². The third-order valence-electron chi connectivity index (χ3n) is 3.60. The predicted octanol–water partition coefficient (Wildman–Crippen LogP) is 1.69. The molecule has 16 heavy (non-hydrogen) atoms. The summed E-state index contributed by atoms with van der Waals surface area (Å²) in [6.45, 7) is 0. The molecule has 2 saturated carbocycles. The summed E-state index contributed by atoms with van der Waals surface area (Å²) in [6.07, 6.45) is 9.81. The molecule has 2 fully saturated rings. The SMILES string of the molecule is O=S(=O)(NC1CCCCC1)NC1CCCC1. The zero-order chi connectivity index (χ0) is 11.4. The fourth-order valence-electron chi connectivity index (χ4n) is 2.74. The van der Waals surface area contributed by atoms with Crippen molar-refractivity contribution in [1.82, 2.24) is 9.44 Å². The first kappa shape index (κ1) is 12.3. The third-order valence-corrected chi connectivity index (χ3v) is 4.89. The van der Waals surface area contributed by atoms with Crippen LogP contribution in [0.2, 0.25) is 0 Å². The van der Waals surface area contributed by atoms with Crippen molar-refractivity contribution < 1.29 is 8.42 Å². The number of hydrogen-bond donors (Lipinski definition) is 2. The Balaban J connectivity index is 1.81. The molecule has 0 aromatic carbocycles. The fraction of sp³-hybridized carbons (Fsp3) is 1.00. The van der Waals surface area contributed by atoms with E-state index in [0.717, 1.165) is 51.4 Å². The summed E-state index contributed by atoms with van der Waals surface area (Å²) in [5.74, 6) is 0. The average Bonchev–Trinajstić information content (AvgIpc) is 2.70. The van der Waals surface area contributed by atoms with Crippen LogP contribution in [0.4, 0.5) is 0 Å². The zero-order valence-electron chi connectivity index (χ0n) is 9.74. The lowest BCUT2D eigenvalue weighted by Crippen LogP contribution is -2.46. The van der Waals surface area contributed by atoms with Crippen LogP contribution in [0.5, 0.6) is 0 Å². The van der Waals surface area contributed by atoms with Crippen molar-refractivity contribution in [3.8, 4) is 0 Å². The molecule has 0 aromatic rings. The van der Waals surface area contributed by atoms with Crippen LogP contribution < -0.4 is 9.44 Å². The van der Waals surface area contributed by atoms with Crippen molar-refractivity contribution in [2.75, 3.05) is 0 Å². The summed E-state index contributed by atoms with van der Waals surface area (Å²) in [4.78, 5) is 0. The lowest BCUT2D eigenvalue weighted by Gasteiger charge is -2.23. The normalized spacial score (nSPS) is 25.0. The maximum atomic E-state index is 11.8. The molecular formula is C11H22N2O2S. The highest BCUT2D eigenvalue weighted by Gasteiger charge is 2.24. The van der Waals surface area contributed by atoms with Gasteiger partial charge in [-0.2, -0.15) is 17.9 Å². The van der Waals surface area contributed by atoms with Crippen LogP contribution in [0.25, 0.3) is 0 Å². The second-order valence-corrected chi connectivity index (χ2v) is 6.53. The lowest BCUT2D eigenvalue weighted by molar-refractivity contribution is 0.408. The number of rotatable bonds is 4. The molecule has 0 atom stereocenters. The summed E-state index contributed by atoms with van der Waals surface area (Å²) in [7, 11) is -3.26. The van der Waals surface area contributed by atoms with E-state index in [0.29, 0.717) is 0 Å². The van der Waals surface area contributed by atoms with E-state index in [2.05, 4.69) is 9.44 Å². The van der Waals surface area contributed by atoms with Gasteiger partial charge in [-0.25, -0.2) is 0 Å². The van der Waals surface area contributed by atoms with Crippen molar-refractivity contribution in [2.24, 2.45) is 0 Å². The lowest BCUT2D eigenvalue weighted by atomic mass is 9.96. The third kappa shape index (κ3) is 3.71. The summed E-state index contributed by atoms with van der Waals surface area (Å²) < 4.78 is 29.2. The molecule has 2 aliphatic rings. The van der Waals surface area contributed by atoms with E-state index >= 15 is 0 Å². The molecule has 0 aromatic heterocycles. The van der Waals surface area contributed by atoms with Gasteiger partial charge in [-0.3, -0.25) is 0 Å². The molecule has 4 nitrogen and oxygen atoms in total. The number of nitrogens with one attached hydrogen (secondary N) is 2. The van der Waals surface area contributed by atoms with Gasteiger partial charge >= 0.3 is 0 Å². The molecule has 5 heteroatoms. The van der Waals surface area contributed by atoms with Gasteiger partial charge in [0.25, 0.3) is 10.2 Å². The number of hydrogen-bond acceptors (Lipinski definition) is 2. The van der Waals surface area contributed by atoms with Crippen LogP contribution in [0.3, 0.4) is 0 Å². The van der Waals surface area contributed by atoms with E-state index in [-0.39, 0.29) is 12.1 Å². The molecule has 0 saturated heterocycles. The molecular weight excluding hydrogens is 224 g/mol. The Morgan fingerprint density at radius 2 is 1.06 bits per heavy atom. The second kappa shape index (κ2) is 5.47. The summed E-state index contributed by atoms with van der Waals surface area (Å²) >= 11 is 0. The second-order valence-electron chi connectivity index (χ2n) is 5.06. The molecule has 0 bridgehead atoms. The highest BCUT2D eigenvalue weighted by atomic mass is 32.2. The fourth-order valence-corrected chi connectivity index (χ4v) is 4.15. The van der Waals surface area contributed by atoms with Crippen molar-refractivity contribution in [1.29, 1.82) is 0 Å². The van der Waals surface area contributed by atoms with Gasteiger partial charge in [0.05, 0.1) is 0 Å². The molecule has 2 N–H and O–H groups in total. The Labute approximate surface area is 98.4 Å². The van der Waals surface area contributed by atoms with Gasteiger partial charge < -0.3 is 0 Å².